The average Bonchev–Trinajstić information content (AvgIpc) is 2.34. The van der Waals surface area contributed by atoms with Gasteiger partial charge in [0.1, 0.15) is 6.04 Å². The number of nitrogens with two attached hydrogens (primary N) is 1. The molecule has 1 aromatic carbocycles. The number of hydrogen-bond donors (Lipinski definition) is 1. The van der Waals surface area contributed by atoms with Crippen LogP contribution in [0.5, 0.6) is 0 Å². The molecule has 0 heterocycles. The van der Waals surface area contributed by atoms with Crippen LogP contribution in [0.3, 0.4) is 0 Å². The Bertz CT molecular complexity index is 415. The van der Waals surface area contributed by atoms with Crippen molar-refractivity contribution < 1.29 is 18.3 Å². The zero-order valence-electron chi connectivity index (χ0n) is 9.99. The molecule has 0 fully saturated rings. The van der Waals surface area contributed by atoms with E-state index < -0.39 is 23.6 Å². The highest BCUT2D eigenvalue weighted by molar-refractivity contribution is 7.98. The second-order valence-corrected chi connectivity index (χ2v) is 4.62. The molecule has 6 heteroatoms. The van der Waals surface area contributed by atoms with E-state index in [-0.39, 0.29) is 17.9 Å². The van der Waals surface area contributed by atoms with Crippen molar-refractivity contribution in [2.24, 2.45) is 5.73 Å². The first kappa shape index (κ1) is 14.9. The van der Waals surface area contributed by atoms with Gasteiger partial charge in [0.2, 0.25) is 0 Å². The second-order valence-electron chi connectivity index (χ2n) is 3.59. The summed E-state index contributed by atoms with van der Waals surface area (Å²) in [7, 11) is 0. The number of halogens is 2. The summed E-state index contributed by atoms with van der Waals surface area (Å²) in [5.41, 5.74) is 5.83. The average molecular weight is 275 g/mol. The van der Waals surface area contributed by atoms with Gasteiger partial charge in [-0.1, -0.05) is 12.1 Å². The highest BCUT2D eigenvalue weighted by Crippen LogP contribution is 2.18. The van der Waals surface area contributed by atoms with E-state index >= 15 is 0 Å². The van der Waals surface area contributed by atoms with Gasteiger partial charge < -0.3 is 10.5 Å². The fourth-order valence-electron chi connectivity index (χ4n) is 1.27. The topological polar surface area (TPSA) is 52.3 Å². The Labute approximate surface area is 109 Å². The molecular weight excluding hydrogens is 260 g/mol. The standard InChI is InChI=1S/C12H15F2NO2S/c1-2-17-12(16)10(15)7-18-6-8-4-3-5-9(13)11(8)14/h3-5,10H,2,6-7,15H2,1H3. The van der Waals surface area contributed by atoms with Gasteiger partial charge in [-0.2, -0.15) is 11.8 Å². The van der Waals surface area contributed by atoms with Gasteiger partial charge in [-0.15, -0.1) is 0 Å². The fourth-order valence-corrected chi connectivity index (χ4v) is 2.22. The van der Waals surface area contributed by atoms with Gasteiger partial charge in [-0.25, -0.2) is 8.78 Å². The van der Waals surface area contributed by atoms with Crippen LogP contribution in [0, 0.1) is 11.6 Å². The Kier molecular flexibility index (Phi) is 6.07. The van der Waals surface area contributed by atoms with Crippen molar-refractivity contribution in [3.05, 3.63) is 35.4 Å². The monoisotopic (exact) mass is 275 g/mol. The zero-order chi connectivity index (χ0) is 13.5. The minimum absolute atomic E-state index is 0.260. The molecule has 1 aromatic rings. The van der Waals surface area contributed by atoms with E-state index in [1.165, 1.54) is 23.9 Å². The van der Waals surface area contributed by atoms with Gasteiger partial charge in [0, 0.05) is 17.1 Å². The molecule has 0 aliphatic rings. The van der Waals surface area contributed by atoms with Crippen LogP contribution in [-0.2, 0) is 15.3 Å². The van der Waals surface area contributed by atoms with Crippen LogP contribution in [0.25, 0.3) is 0 Å². The molecule has 0 aliphatic carbocycles. The molecule has 0 amide bonds. The van der Waals surface area contributed by atoms with Gasteiger partial charge >= 0.3 is 5.97 Å². The summed E-state index contributed by atoms with van der Waals surface area (Å²) in [5, 5.41) is 0. The summed E-state index contributed by atoms with van der Waals surface area (Å²) in [6, 6.07) is 3.26. The van der Waals surface area contributed by atoms with Crippen molar-refractivity contribution in [2.75, 3.05) is 12.4 Å². The summed E-state index contributed by atoms with van der Waals surface area (Å²) < 4.78 is 30.9. The third-order valence-electron chi connectivity index (χ3n) is 2.18. The van der Waals surface area contributed by atoms with Gasteiger partial charge in [0.15, 0.2) is 11.6 Å². The van der Waals surface area contributed by atoms with Crippen molar-refractivity contribution in [1.29, 1.82) is 0 Å². The molecule has 0 saturated heterocycles. The number of rotatable bonds is 6. The number of ether oxygens (including phenoxy) is 1. The van der Waals surface area contributed by atoms with Crippen molar-refractivity contribution >= 4 is 17.7 Å². The van der Waals surface area contributed by atoms with Crippen LogP contribution in [0.2, 0.25) is 0 Å². The van der Waals surface area contributed by atoms with Crippen LogP contribution in [-0.4, -0.2) is 24.4 Å². The molecule has 3 nitrogen and oxygen atoms in total. The molecule has 18 heavy (non-hydrogen) atoms. The van der Waals surface area contributed by atoms with Crippen molar-refractivity contribution in [3.63, 3.8) is 0 Å². The second kappa shape index (κ2) is 7.33. The van der Waals surface area contributed by atoms with Gasteiger partial charge in [-0.05, 0) is 13.0 Å². The number of hydrogen-bond acceptors (Lipinski definition) is 4. The maximum atomic E-state index is 13.3. The molecule has 0 aromatic heterocycles. The number of thioether (sulfide) groups is 1. The van der Waals surface area contributed by atoms with Crippen LogP contribution < -0.4 is 5.73 Å². The molecule has 1 atom stereocenters. The highest BCUT2D eigenvalue weighted by atomic mass is 32.2. The largest absolute Gasteiger partial charge is 0.465 e. The van der Waals surface area contributed by atoms with E-state index in [4.69, 9.17) is 10.5 Å². The van der Waals surface area contributed by atoms with E-state index in [1.54, 1.807) is 6.92 Å². The first-order chi connectivity index (χ1) is 8.56. The summed E-state index contributed by atoms with van der Waals surface area (Å²) >= 11 is 1.26. The molecule has 1 rings (SSSR count). The number of carbonyl (C=O) groups excluding carboxylic acids is 1. The number of benzene rings is 1. The Morgan fingerprint density at radius 1 is 1.50 bits per heavy atom. The Morgan fingerprint density at radius 3 is 2.89 bits per heavy atom. The minimum Gasteiger partial charge on any atom is -0.465 e. The lowest BCUT2D eigenvalue weighted by Crippen LogP contribution is -2.34. The predicted octanol–water partition coefficient (Wildman–Crippen LogP) is 2.09. The fraction of sp³-hybridized carbons (Fsp3) is 0.417. The van der Waals surface area contributed by atoms with E-state index in [9.17, 15) is 13.6 Å². The van der Waals surface area contributed by atoms with Gasteiger partial charge in [-0.3, -0.25) is 4.79 Å². The normalized spacial score (nSPS) is 12.2. The first-order valence-electron chi connectivity index (χ1n) is 5.49. The molecule has 0 radical (unpaired) electrons. The summed E-state index contributed by atoms with van der Waals surface area (Å²) in [5.74, 6) is -1.65. The Morgan fingerprint density at radius 2 is 2.22 bits per heavy atom. The van der Waals surface area contributed by atoms with E-state index in [0.29, 0.717) is 5.75 Å². The van der Waals surface area contributed by atoms with E-state index in [2.05, 4.69) is 0 Å². The third kappa shape index (κ3) is 4.27. The third-order valence-corrected chi connectivity index (χ3v) is 3.29. The van der Waals surface area contributed by atoms with Crippen LogP contribution in [0.15, 0.2) is 18.2 Å². The molecule has 2 N–H and O–H groups in total. The number of esters is 1. The zero-order valence-corrected chi connectivity index (χ0v) is 10.8. The molecular formula is C12H15F2NO2S. The van der Waals surface area contributed by atoms with Crippen molar-refractivity contribution in [3.8, 4) is 0 Å². The van der Waals surface area contributed by atoms with Crippen LogP contribution in [0.1, 0.15) is 12.5 Å². The Hall–Kier alpha value is -1.14. The summed E-state index contributed by atoms with van der Waals surface area (Å²) in [6.45, 7) is 1.97. The number of carbonyl (C=O) groups is 1. The predicted molar refractivity (Wildman–Crippen MR) is 67.1 cm³/mol. The summed E-state index contributed by atoms with van der Waals surface area (Å²) in [6.07, 6.45) is 0. The maximum Gasteiger partial charge on any atom is 0.323 e. The SMILES string of the molecule is CCOC(=O)C(N)CSCc1cccc(F)c1F. The molecule has 0 aliphatic heterocycles. The lowest BCUT2D eigenvalue weighted by atomic mass is 10.2. The lowest BCUT2D eigenvalue weighted by Gasteiger charge is -2.10. The molecule has 0 spiro atoms. The van der Waals surface area contributed by atoms with Crippen molar-refractivity contribution in [2.45, 2.75) is 18.7 Å². The van der Waals surface area contributed by atoms with E-state index in [1.807, 2.05) is 0 Å². The molecule has 100 valence electrons. The quantitative estimate of drug-likeness (QED) is 0.808. The highest BCUT2D eigenvalue weighted by Gasteiger charge is 2.15. The minimum atomic E-state index is -0.872. The van der Waals surface area contributed by atoms with E-state index in [0.717, 1.165) is 6.07 Å². The van der Waals surface area contributed by atoms with Crippen LogP contribution >= 0.6 is 11.8 Å². The Balaban J connectivity index is 2.42. The van der Waals surface area contributed by atoms with Gasteiger partial charge in [0.25, 0.3) is 0 Å². The van der Waals surface area contributed by atoms with Crippen molar-refractivity contribution in [1.82, 2.24) is 0 Å². The smallest absolute Gasteiger partial charge is 0.323 e. The maximum absolute atomic E-state index is 13.3. The molecule has 0 saturated carbocycles. The lowest BCUT2D eigenvalue weighted by molar-refractivity contribution is -0.144. The molecule has 1 unspecified atom stereocenters. The summed E-state index contributed by atoms with van der Waals surface area (Å²) in [4.78, 5) is 11.2. The van der Waals surface area contributed by atoms with Crippen LogP contribution in [0.4, 0.5) is 8.78 Å². The van der Waals surface area contributed by atoms with Gasteiger partial charge in [0.05, 0.1) is 6.61 Å². The first-order valence-corrected chi connectivity index (χ1v) is 6.64. The molecule has 0 bridgehead atoms.